The first-order valence-corrected chi connectivity index (χ1v) is 10.0. The molecule has 0 saturated carbocycles. The summed E-state index contributed by atoms with van der Waals surface area (Å²) < 4.78 is 13.3. The van der Waals surface area contributed by atoms with E-state index < -0.39 is 23.7 Å². The lowest BCUT2D eigenvalue weighted by Gasteiger charge is -2.20. The lowest BCUT2D eigenvalue weighted by molar-refractivity contribution is -0.119. The zero-order chi connectivity index (χ0) is 22.1. The Hall–Kier alpha value is -3.75. The Morgan fingerprint density at radius 2 is 1.90 bits per heavy atom. The Morgan fingerprint density at radius 1 is 1.19 bits per heavy atom. The molecule has 4 N–H and O–H groups in total. The van der Waals surface area contributed by atoms with Gasteiger partial charge in [0.2, 0.25) is 5.91 Å². The normalized spacial score (nSPS) is 17.1. The van der Waals surface area contributed by atoms with Crippen LogP contribution in [0.15, 0.2) is 53.6 Å². The van der Waals surface area contributed by atoms with E-state index in [4.69, 9.17) is 5.73 Å². The van der Waals surface area contributed by atoms with Gasteiger partial charge < -0.3 is 16.0 Å². The van der Waals surface area contributed by atoms with Gasteiger partial charge in [-0.25, -0.2) is 9.37 Å². The van der Waals surface area contributed by atoms with Gasteiger partial charge in [0, 0.05) is 6.42 Å². The molecule has 0 fully saturated rings. The van der Waals surface area contributed by atoms with Crippen LogP contribution in [-0.4, -0.2) is 33.5 Å². The molecule has 1 aromatic heterocycles. The van der Waals surface area contributed by atoms with Crippen molar-refractivity contribution < 1.29 is 14.0 Å². The fourth-order valence-corrected chi connectivity index (χ4v) is 3.60. The summed E-state index contributed by atoms with van der Waals surface area (Å²) in [7, 11) is 0. The zero-order valence-corrected chi connectivity index (χ0v) is 17.2. The number of aromatic nitrogens is 2. The first-order valence-electron chi connectivity index (χ1n) is 10.0. The molecule has 0 bridgehead atoms. The topological polar surface area (TPSA) is 116 Å². The quantitative estimate of drug-likeness (QED) is 0.566. The minimum atomic E-state index is -0.824. The van der Waals surface area contributed by atoms with Crippen LogP contribution in [0.3, 0.4) is 0 Å². The highest BCUT2D eigenvalue weighted by atomic mass is 19.1. The van der Waals surface area contributed by atoms with Crippen LogP contribution < -0.4 is 16.1 Å². The summed E-state index contributed by atoms with van der Waals surface area (Å²) >= 11 is 0. The van der Waals surface area contributed by atoms with Gasteiger partial charge in [-0.2, -0.15) is 5.10 Å². The van der Waals surface area contributed by atoms with E-state index in [0.29, 0.717) is 11.5 Å². The van der Waals surface area contributed by atoms with Crippen LogP contribution in [0.2, 0.25) is 0 Å². The van der Waals surface area contributed by atoms with Gasteiger partial charge in [-0.15, -0.1) is 0 Å². The van der Waals surface area contributed by atoms with E-state index >= 15 is 0 Å². The molecule has 1 unspecified atom stereocenters. The van der Waals surface area contributed by atoms with Crippen molar-refractivity contribution in [3.63, 3.8) is 0 Å². The summed E-state index contributed by atoms with van der Waals surface area (Å²) in [5, 5.41) is 8.66. The number of rotatable bonds is 6. The summed E-state index contributed by atoms with van der Waals surface area (Å²) in [6.45, 7) is 3.96. The number of anilines is 1. The van der Waals surface area contributed by atoms with Crippen molar-refractivity contribution in [1.29, 1.82) is 0 Å². The fraction of sp³-hybridized carbons (Fsp3) is 0.273. The molecule has 1 aliphatic rings. The molecule has 31 heavy (non-hydrogen) atoms. The third-order valence-corrected chi connectivity index (χ3v) is 5.25. The molecule has 2 atom stereocenters. The van der Waals surface area contributed by atoms with Crippen LogP contribution >= 0.6 is 0 Å². The summed E-state index contributed by atoms with van der Waals surface area (Å²) in [4.78, 5) is 32.8. The number of hydrogen-bond donors (Lipinski definition) is 3. The number of nitrogens with two attached hydrogens (primary N) is 1. The molecule has 2 aromatic carbocycles. The lowest BCUT2D eigenvalue weighted by atomic mass is 10.0. The van der Waals surface area contributed by atoms with Crippen molar-refractivity contribution in [2.45, 2.75) is 32.4 Å². The molecule has 160 valence electrons. The van der Waals surface area contributed by atoms with E-state index in [1.165, 1.54) is 29.3 Å². The number of primary amides is 1. The van der Waals surface area contributed by atoms with Gasteiger partial charge in [0.05, 0.1) is 22.8 Å². The number of imidazole rings is 1. The second-order valence-corrected chi connectivity index (χ2v) is 7.82. The Balaban J connectivity index is 1.58. The number of H-pyrrole nitrogens is 1. The average molecular weight is 422 g/mol. The first kappa shape index (κ1) is 20.5. The summed E-state index contributed by atoms with van der Waals surface area (Å²) in [6.07, 6.45) is 0.0590. The molecule has 0 saturated heterocycles. The number of benzene rings is 2. The maximum Gasteiger partial charge on any atom is 0.268 e. The minimum Gasteiger partial charge on any atom is -0.368 e. The van der Waals surface area contributed by atoms with E-state index in [2.05, 4.69) is 20.4 Å². The van der Waals surface area contributed by atoms with Gasteiger partial charge >= 0.3 is 0 Å². The van der Waals surface area contributed by atoms with E-state index in [-0.39, 0.29) is 24.1 Å². The highest BCUT2D eigenvalue weighted by Gasteiger charge is 2.36. The monoisotopic (exact) mass is 422 g/mol. The third kappa shape index (κ3) is 4.11. The zero-order valence-electron chi connectivity index (χ0n) is 17.2. The molecule has 2 heterocycles. The molecule has 0 spiro atoms. The standard InChI is InChI=1S/C22H23FN6O2/c1-12(2)19(21-25-15-5-3-4-6-16(15)26-21)27-22(31)17-11-18(20(24)30)29(28-17)14-9-7-13(23)8-10-14/h3-10,12,18-19H,11H2,1-2H3,(H2,24,30)(H,25,26)(H,27,31)/t18?,19-/m0/s1. The molecular weight excluding hydrogens is 399 g/mol. The van der Waals surface area contributed by atoms with Gasteiger partial charge in [-0.3, -0.25) is 14.6 Å². The Kier molecular flexibility index (Phi) is 5.41. The summed E-state index contributed by atoms with van der Waals surface area (Å²) in [6, 6.07) is 11.9. The highest BCUT2D eigenvalue weighted by Crippen LogP contribution is 2.26. The third-order valence-electron chi connectivity index (χ3n) is 5.25. The van der Waals surface area contributed by atoms with Crippen LogP contribution in [0.25, 0.3) is 11.0 Å². The number of aromatic amines is 1. The molecular formula is C22H23FN6O2. The SMILES string of the molecule is CC(C)[C@H](NC(=O)C1=NN(c2ccc(F)cc2)C(C(N)=O)C1)c1nc2ccccc2[nH]1. The summed E-state index contributed by atoms with van der Waals surface area (Å²) in [5.74, 6) is -0.744. The molecule has 4 rings (SSSR count). The maximum atomic E-state index is 13.3. The maximum absolute atomic E-state index is 13.3. The number of fused-ring (bicyclic) bond motifs is 1. The van der Waals surface area contributed by atoms with Gasteiger partial charge in [-0.05, 0) is 42.3 Å². The number of hydrazone groups is 1. The molecule has 0 radical (unpaired) electrons. The molecule has 0 aliphatic carbocycles. The molecule has 9 heteroatoms. The Labute approximate surface area is 178 Å². The van der Waals surface area contributed by atoms with Gasteiger partial charge in [0.25, 0.3) is 5.91 Å². The van der Waals surface area contributed by atoms with Crippen molar-refractivity contribution in [3.8, 4) is 0 Å². The predicted molar refractivity (Wildman–Crippen MR) is 116 cm³/mol. The molecule has 1 aliphatic heterocycles. The Morgan fingerprint density at radius 3 is 2.55 bits per heavy atom. The van der Waals surface area contributed by atoms with Crippen LogP contribution in [-0.2, 0) is 9.59 Å². The van der Waals surface area contributed by atoms with Crippen LogP contribution in [0, 0.1) is 11.7 Å². The van der Waals surface area contributed by atoms with Crippen molar-refractivity contribution in [1.82, 2.24) is 15.3 Å². The minimum absolute atomic E-state index is 0.0478. The van der Waals surface area contributed by atoms with E-state index in [1.807, 2.05) is 38.1 Å². The second kappa shape index (κ2) is 8.17. The number of para-hydroxylation sites is 2. The van der Waals surface area contributed by atoms with Crippen LogP contribution in [0.1, 0.15) is 32.1 Å². The largest absolute Gasteiger partial charge is 0.368 e. The molecule has 3 aromatic rings. The number of nitrogens with one attached hydrogen (secondary N) is 2. The average Bonchev–Trinajstić information content (AvgIpc) is 3.37. The smallest absolute Gasteiger partial charge is 0.268 e. The summed E-state index contributed by atoms with van der Waals surface area (Å²) in [5.41, 5.74) is 7.87. The Bertz CT molecular complexity index is 1120. The predicted octanol–water partition coefficient (Wildman–Crippen LogP) is 2.64. The molecule has 8 nitrogen and oxygen atoms in total. The van der Waals surface area contributed by atoms with Crippen LogP contribution in [0.5, 0.6) is 0 Å². The van der Waals surface area contributed by atoms with Crippen molar-refractivity contribution in [3.05, 3.63) is 60.2 Å². The molecule has 2 amide bonds. The van der Waals surface area contributed by atoms with Crippen LogP contribution in [0.4, 0.5) is 10.1 Å². The number of nitrogens with zero attached hydrogens (tertiary/aromatic N) is 3. The second-order valence-electron chi connectivity index (χ2n) is 7.82. The highest BCUT2D eigenvalue weighted by molar-refractivity contribution is 6.40. The van der Waals surface area contributed by atoms with Crippen molar-refractivity contribution in [2.75, 3.05) is 5.01 Å². The van der Waals surface area contributed by atoms with Gasteiger partial charge in [-0.1, -0.05) is 26.0 Å². The van der Waals surface area contributed by atoms with Gasteiger partial charge in [0.1, 0.15) is 23.4 Å². The van der Waals surface area contributed by atoms with Crippen molar-refractivity contribution in [2.24, 2.45) is 16.8 Å². The van der Waals surface area contributed by atoms with Crippen molar-refractivity contribution >= 4 is 34.2 Å². The fourth-order valence-electron chi connectivity index (χ4n) is 3.60. The lowest BCUT2D eigenvalue weighted by Crippen LogP contribution is -2.40. The number of amides is 2. The number of hydrogen-bond acceptors (Lipinski definition) is 5. The number of carbonyl (C=O) groups excluding carboxylic acids is 2. The van der Waals surface area contributed by atoms with E-state index in [0.717, 1.165) is 11.0 Å². The first-order chi connectivity index (χ1) is 14.8. The van der Waals surface area contributed by atoms with Gasteiger partial charge in [0.15, 0.2) is 0 Å². The number of halogens is 1. The van der Waals surface area contributed by atoms with E-state index in [9.17, 15) is 14.0 Å². The van der Waals surface area contributed by atoms with E-state index in [1.54, 1.807) is 0 Å². The number of carbonyl (C=O) groups is 2.